The summed E-state index contributed by atoms with van der Waals surface area (Å²) in [5, 5.41) is 4.11. The first kappa shape index (κ1) is 20.4. The summed E-state index contributed by atoms with van der Waals surface area (Å²) >= 11 is 5.84. The van der Waals surface area contributed by atoms with Gasteiger partial charge in [0, 0.05) is 28.4 Å². The van der Waals surface area contributed by atoms with E-state index in [1.54, 1.807) is 6.07 Å². The summed E-state index contributed by atoms with van der Waals surface area (Å²) in [7, 11) is 0. The standard InChI is InChI=1S/C20H20F3N2O2PS/c1-13-9-10-26-28(29,27-13)19(17-12-24-18-8-3-2-7-16(17)18)25-15-6-4-5-14(11-15)20(21,22)23/h2-8,11-13,19,24-25H,9-10H2,1H3. The lowest BCUT2D eigenvalue weighted by Crippen LogP contribution is -2.23. The molecule has 0 spiro atoms. The number of aromatic nitrogens is 1. The number of aromatic amines is 1. The first-order valence-corrected chi connectivity index (χ1v) is 11.9. The predicted octanol–water partition coefficient (Wildman–Crippen LogP) is 6.43. The molecule has 0 amide bonds. The summed E-state index contributed by atoms with van der Waals surface area (Å²) in [4.78, 5) is 3.20. The van der Waals surface area contributed by atoms with Crippen LogP contribution in [0.15, 0.2) is 54.7 Å². The van der Waals surface area contributed by atoms with Gasteiger partial charge in [-0.1, -0.05) is 24.3 Å². The summed E-state index contributed by atoms with van der Waals surface area (Å²) in [5.41, 5.74) is 1.31. The molecule has 3 atom stereocenters. The maximum absolute atomic E-state index is 13.2. The van der Waals surface area contributed by atoms with Gasteiger partial charge in [-0.15, -0.1) is 0 Å². The van der Waals surface area contributed by atoms with E-state index in [0.29, 0.717) is 12.3 Å². The summed E-state index contributed by atoms with van der Waals surface area (Å²) in [6.07, 6.45) is -1.97. The van der Waals surface area contributed by atoms with Crippen LogP contribution in [0.2, 0.25) is 0 Å². The van der Waals surface area contributed by atoms with E-state index in [-0.39, 0.29) is 6.10 Å². The number of fused-ring (bicyclic) bond motifs is 1. The SMILES string of the molecule is CC1CCOP(=S)(C(Nc2cccc(C(F)(F)F)c2)c2c[nH]c3ccccc23)O1. The van der Waals surface area contributed by atoms with Gasteiger partial charge in [-0.25, -0.2) is 0 Å². The van der Waals surface area contributed by atoms with Crippen molar-refractivity contribution in [2.45, 2.75) is 31.4 Å². The molecule has 29 heavy (non-hydrogen) atoms. The topological polar surface area (TPSA) is 46.3 Å². The van der Waals surface area contributed by atoms with Crippen LogP contribution in [-0.2, 0) is 27.0 Å². The van der Waals surface area contributed by atoms with Crippen molar-refractivity contribution in [3.63, 3.8) is 0 Å². The molecule has 1 aromatic heterocycles. The number of H-pyrrole nitrogens is 1. The van der Waals surface area contributed by atoms with Gasteiger partial charge >= 0.3 is 6.18 Å². The minimum Gasteiger partial charge on any atom is -0.370 e. The van der Waals surface area contributed by atoms with Crippen molar-refractivity contribution in [2.75, 3.05) is 11.9 Å². The number of para-hydroxylation sites is 1. The number of benzene rings is 2. The molecule has 1 saturated heterocycles. The highest BCUT2D eigenvalue weighted by atomic mass is 32.5. The molecule has 2 heterocycles. The average Bonchev–Trinajstić information content (AvgIpc) is 3.09. The maximum Gasteiger partial charge on any atom is 0.416 e. The Hall–Kier alpha value is -1.86. The molecular formula is C20H20F3N2O2PS. The van der Waals surface area contributed by atoms with E-state index in [0.717, 1.165) is 35.0 Å². The minimum absolute atomic E-state index is 0.0781. The normalized spacial score (nSPS) is 23.8. The molecule has 154 valence electrons. The number of rotatable bonds is 4. The fraction of sp³-hybridized carbons (Fsp3) is 0.300. The number of anilines is 1. The zero-order valence-corrected chi connectivity index (χ0v) is 17.3. The van der Waals surface area contributed by atoms with Gasteiger partial charge < -0.3 is 19.3 Å². The average molecular weight is 440 g/mol. The van der Waals surface area contributed by atoms with Crippen molar-refractivity contribution < 1.29 is 22.2 Å². The Balaban J connectivity index is 1.78. The molecule has 3 unspecified atom stereocenters. The van der Waals surface area contributed by atoms with Gasteiger partial charge in [-0.3, -0.25) is 0 Å². The Bertz CT molecular complexity index is 1070. The highest BCUT2D eigenvalue weighted by Crippen LogP contribution is 2.64. The molecule has 4 rings (SSSR count). The predicted molar refractivity (Wildman–Crippen MR) is 112 cm³/mol. The molecule has 4 nitrogen and oxygen atoms in total. The van der Waals surface area contributed by atoms with E-state index < -0.39 is 24.0 Å². The Labute approximate surface area is 171 Å². The summed E-state index contributed by atoms with van der Waals surface area (Å²) in [6, 6.07) is 12.8. The number of alkyl halides is 3. The van der Waals surface area contributed by atoms with Crippen molar-refractivity contribution in [3.05, 3.63) is 65.9 Å². The van der Waals surface area contributed by atoms with Crippen LogP contribution in [-0.4, -0.2) is 17.7 Å². The maximum atomic E-state index is 13.2. The Morgan fingerprint density at radius 2 is 2.00 bits per heavy atom. The molecule has 0 aliphatic carbocycles. The lowest BCUT2D eigenvalue weighted by atomic mass is 10.1. The van der Waals surface area contributed by atoms with Gasteiger partial charge in [-0.2, -0.15) is 13.2 Å². The van der Waals surface area contributed by atoms with Crippen LogP contribution in [0, 0.1) is 0 Å². The molecule has 9 heteroatoms. The monoisotopic (exact) mass is 440 g/mol. The second-order valence-electron chi connectivity index (χ2n) is 6.99. The zero-order valence-electron chi connectivity index (χ0n) is 15.6. The molecule has 1 fully saturated rings. The Kier molecular flexibility index (Phi) is 5.46. The first-order chi connectivity index (χ1) is 13.8. The molecule has 1 aliphatic rings. The van der Waals surface area contributed by atoms with Gasteiger partial charge in [0.25, 0.3) is 0 Å². The lowest BCUT2D eigenvalue weighted by molar-refractivity contribution is -0.137. The number of nitrogens with one attached hydrogen (secondary N) is 2. The molecule has 3 aromatic rings. The molecule has 2 aromatic carbocycles. The first-order valence-electron chi connectivity index (χ1n) is 9.19. The van der Waals surface area contributed by atoms with Gasteiger partial charge in [0.05, 0.1) is 18.3 Å². The number of hydrogen-bond donors (Lipinski definition) is 2. The minimum atomic E-state index is -4.43. The van der Waals surface area contributed by atoms with Crippen molar-refractivity contribution in [3.8, 4) is 0 Å². The molecular weight excluding hydrogens is 420 g/mol. The van der Waals surface area contributed by atoms with Crippen LogP contribution in [0.1, 0.15) is 30.3 Å². The van der Waals surface area contributed by atoms with Crippen molar-refractivity contribution >= 4 is 34.9 Å². The van der Waals surface area contributed by atoms with Crippen LogP contribution in [0.5, 0.6) is 0 Å². The van der Waals surface area contributed by atoms with Crippen LogP contribution in [0.4, 0.5) is 18.9 Å². The number of halogens is 3. The van der Waals surface area contributed by atoms with Crippen molar-refractivity contribution in [2.24, 2.45) is 0 Å². The van der Waals surface area contributed by atoms with Crippen LogP contribution >= 0.6 is 6.49 Å². The molecule has 0 saturated carbocycles. The molecule has 1 aliphatic heterocycles. The second kappa shape index (κ2) is 7.76. The van der Waals surface area contributed by atoms with Crippen molar-refractivity contribution in [1.29, 1.82) is 0 Å². The fourth-order valence-corrected chi connectivity index (χ4v) is 6.73. The summed E-state index contributed by atoms with van der Waals surface area (Å²) in [5.74, 6) is -0.597. The molecule has 2 N–H and O–H groups in total. The van der Waals surface area contributed by atoms with Crippen LogP contribution in [0.25, 0.3) is 10.9 Å². The molecule has 0 bridgehead atoms. The smallest absolute Gasteiger partial charge is 0.370 e. The van der Waals surface area contributed by atoms with E-state index in [1.165, 1.54) is 6.07 Å². The third-order valence-electron chi connectivity index (χ3n) is 4.85. The largest absolute Gasteiger partial charge is 0.416 e. The van der Waals surface area contributed by atoms with E-state index in [1.807, 2.05) is 37.4 Å². The molecule has 0 radical (unpaired) electrons. The summed E-state index contributed by atoms with van der Waals surface area (Å²) in [6.45, 7) is -0.482. The Morgan fingerprint density at radius 3 is 2.76 bits per heavy atom. The van der Waals surface area contributed by atoms with E-state index in [2.05, 4.69) is 10.3 Å². The summed E-state index contributed by atoms with van der Waals surface area (Å²) < 4.78 is 51.5. The van der Waals surface area contributed by atoms with E-state index in [9.17, 15) is 13.2 Å². The Morgan fingerprint density at radius 1 is 1.21 bits per heavy atom. The van der Waals surface area contributed by atoms with E-state index in [4.69, 9.17) is 20.9 Å². The lowest BCUT2D eigenvalue weighted by Gasteiger charge is -2.37. The van der Waals surface area contributed by atoms with Gasteiger partial charge in [0.1, 0.15) is 5.78 Å². The highest BCUT2D eigenvalue weighted by Gasteiger charge is 2.38. The van der Waals surface area contributed by atoms with Gasteiger partial charge in [0.15, 0.2) is 0 Å². The van der Waals surface area contributed by atoms with Crippen LogP contribution in [0.3, 0.4) is 0 Å². The quantitative estimate of drug-likeness (QED) is 0.459. The van der Waals surface area contributed by atoms with Crippen LogP contribution < -0.4 is 5.32 Å². The highest BCUT2D eigenvalue weighted by molar-refractivity contribution is 8.10. The second-order valence-corrected chi connectivity index (χ2v) is 10.6. The van der Waals surface area contributed by atoms with Gasteiger partial charge in [0.2, 0.25) is 6.49 Å². The van der Waals surface area contributed by atoms with E-state index >= 15 is 0 Å². The fourth-order valence-electron chi connectivity index (χ4n) is 3.41. The third-order valence-corrected chi connectivity index (χ3v) is 8.29. The van der Waals surface area contributed by atoms with Crippen molar-refractivity contribution in [1.82, 2.24) is 4.98 Å². The zero-order chi connectivity index (χ0) is 20.6. The third kappa shape index (κ3) is 4.21. The van der Waals surface area contributed by atoms with Gasteiger partial charge in [-0.05, 0) is 49.4 Å². The number of hydrogen-bond acceptors (Lipinski definition) is 4.